The van der Waals surface area contributed by atoms with Crippen molar-refractivity contribution in [2.45, 2.75) is 46.5 Å². The van der Waals surface area contributed by atoms with Crippen molar-refractivity contribution in [3.05, 3.63) is 24.8 Å². The molecule has 0 amide bonds. The van der Waals surface area contributed by atoms with Gasteiger partial charge in [-0.1, -0.05) is 42.9 Å². The van der Waals surface area contributed by atoms with Crippen LogP contribution in [-0.2, 0) is 19.1 Å². The molecule has 0 saturated carbocycles. The Balaban J connectivity index is -0.000000405. The molecule has 1 aliphatic rings. The van der Waals surface area contributed by atoms with Crippen LogP contribution in [0.5, 0.6) is 0 Å². The van der Waals surface area contributed by atoms with Gasteiger partial charge in [0.2, 0.25) is 0 Å². The number of carbonyl (C=O) groups excluding carboxylic acids is 2. The maximum atomic E-state index is 11.2. The highest BCUT2D eigenvalue weighted by Crippen LogP contribution is 2.38. The third kappa shape index (κ3) is 10.8. The molecule has 0 bridgehead atoms. The van der Waals surface area contributed by atoms with Gasteiger partial charge in [0.15, 0.2) is 0 Å². The topological polar surface area (TPSA) is 52.6 Å². The Morgan fingerprint density at radius 2 is 1.77 bits per heavy atom. The van der Waals surface area contributed by atoms with Gasteiger partial charge >= 0.3 is 11.9 Å². The maximum absolute atomic E-state index is 11.2. The van der Waals surface area contributed by atoms with Crippen molar-refractivity contribution in [2.75, 3.05) is 19.0 Å². The molecule has 1 rings (SSSR count). The molecule has 2 atom stereocenters. The molecule has 0 aromatic carbocycles. The van der Waals surface area contributed by atoms with E-state index >= 15 is 0 Å². The number of carbonyl (C=O) groups is 2. The molecule has 0 spiro atoms. The second-order valence-corrected chi connectivity index (χ2v) is 6.78. The first-order valence-corrected chi connectivity index (χ1v) is 7.41. The van der Waals surface area contributed by atoms with Crippen molar-refractivity contribution < 1.29 is 19.1 Å². The zero-order chi connectivity index (χ0) is 13.5. The first-order chi connectivity index (χ1) is 8.52. The minimum absolute atomic E-state index is 0. The highest BCUT2D eigenvalue weighted by molar-refractivity contribution is 8.20. The first-order valence-electron chi connectivity index (χ1n) is 5.41. The predicted molar refractivity (Wildman–Crippen MR) is 101 cm³/mol. The molecular formula is C16H32O4S2. The Morgan fingerprint density at radius 1 is 1.18 bits per heavy atom. The third-order valence-corrected chi connectivity index (χ3v) is 5.27. The number of hydrogen-bond donors (Lipinski definition) is 0. The van der Waals surface area contributed by atoms with Gasteiger partial charge in [0.25, 0.3) is 0 Å². The van der Waals surface area contributed by atoms with Gasteiger partial charge in [-0.3, -0.25) is 0 Å². The number of esters is 2. The number of thioether (sulfide) groups is 2. The van der Waals surface area contributed by atoms with Gasteiger partial charge in [-0.2, -0.15) is 0 Å². The predicted octanol–water partition coefficient (Wildman–Crippen LogP) is 4.55. The summed E-state index contributed by atoms with van der Waals surface area (Å²) >= 11 is 3.36. The van der Waals surface area contributed by atoms with E-state index in [1.807, 2.05) is 0 Å². The Morgan fingerprint density at radius 3 is 2.27 bits per heavy atom. The van der Waals surface area contributed by atoms with E-state index in [1.54, 1.807) is 30.4 Å². The lowest BCUT2D eigenvalue weighted by Gasteiger charge is -2.11. The summed E-state index contributed by atoms with van der Waals surface area (Å²) in [4.78, 5) is 22.1. The number of rotatable bonds is 6. The Bertz CT molecular complexity index is 356. The number of hydrogen-bond acceptors (Lipinski definition) is 6. The molecule has 0 aromatic rings. The summed E-state index contributed by atoms with van der Waals surface area (Å²) in [5.41, 5.74) is 0.405. The van der Waals surface area contributed by atoms with Crippen LogP contribution in [0, 0.1) is 0 Å². The molecule has 0 N–H and O–H groups in total. The fourth-order valence-corrected chi connectivity index (χ4v) is 4.17. The van der Waals surface area contributed by atoms with Gasteiger partial charge < -0.3 is 9.47 Å². The number of ether oxygens (including phenoxy) is 2. The van der Waals surface area contributed by atoms with Crippen LogP contribution in [0.3, 0.4) is 0 Å². The van der Waals surface area contributed by atoms with Crippen LogP contribution in [0.4, 0.5) is 0 Å². The average Bonchev–Trinajstić information content (AvgIpc) is 2.80. The van der Waals surface area contributed by atoms with Gasteiger partial charge in [0.1, 0.15) is 13.2 Å². The molecule has 1 aliphatic heterocycles. The van der Waals surface area contributed by atoms with Crippen LogP contribution >= 0.6 is 23.5 Å². The Labute approximate surface area is 145 Å². The molecule has 2 unspecified atom stereocenters. The van der Waals surface area contributed by atoms with E-state index < -0.39 is 5.97 Å². The van der Waals surface area contributed by atoms with Crippen LogP contribution in [0.1, 0.15) is 36.6 Å². The summed E-state index contributed by atoms with van der Waals surface area (Å²) in [7, 11) is 0. The molecule has 6 heteroatoms. The zero-order valence-electron chi connectivity index (χ0n) is 10.2. The van der Waals surface area contributed by atoms with Crippen LogP contribution in [0.25, 0.3) is 0 Å². The second-order valence-electron chi connectivity index (χ2n) is 3.73. The third-order valence-electron chi connectivity index (χ3n) is 2.09. The van der Waals surface area contributed by atoms with Crippen LogP contribution < -0.4 is 0 Å². The van der Waals surface area contributed by atoms with Gasteiger partial charge in [-0.15, -0.1) is 23.5 Å². The minimum Gasteiger partial charge on any atom is -0.461 e. The van der Waals surface area contributed by atoms with E-state index in [1.165, 1.54) is 0 Å². The Hall–Kier alpha value is -0.880. The molecule has 4 nitrogen and oxygen atoms in total. The van der Waals surface area contributed by atoms with E-state index in [0.717, 1.165) is 11.8 Å². The molecule has 1 saturated heterocycles. The summed E-state index contributed by atoms with van der Waals surface area (Å²) < 4.78 is 10.2. The smallest absolute Gasteiger partial charge is 0.333 e. The fourth-order valence-electron chi connectivity index (χ4n) is 1.18. The first kappa shape index (κ1) is 29.2. The largest absolute Gasteiger partial charge is 0.461 e. The normalized spacial score (nSPS) is 18.2. The average molecular weight is 353 g/mol. The summed E-state index contributed by atoms with van der Waals surface area (Å²) in [6.45, 7) is 9.20. The summed E-state index contributed by atoms with van der Waals surface area (Å²) in [6, 6.07) is 0. The van der Waals surface area contributed by atoms with E-state index in [2.05, 4.69) is 13.2 Å². The molecule has 0 aromatic heterocycles. The summed E-state index contributed by atoms with van der Waals surface area (Å²) in [6.07, 6.45) is 1.15. The second kappa shape index (κ2) is 15.0. The van der Waals surface area contributed by atoms with E-state index in [-0.39, 0.29) is 45.5 Å². The Kier molecular flexibility index (Phi) is 19.9. The van der Waals surface area contributed by atoms with Crippen molar-refractivity contribution in [1.82, 2.24) is 0 Å². The van der Waals surface area contributed by atoms with Crippen molar-refractivity contribution in [3.63, 3.8) is 0 Å². The quantitative estimate of drug-likeness (QED) is 0.516. The van der Waals surface area contributed by atoms with Crippen molar-refractivity contribution >= 4 is 35.5 Å². The van der Waals surface area contributed by atoms with Gasteiger partial charge in [-0.25, -0.2) is 9.59 Å². The van der Waals surface area contributed by atoms with Crippen LogP contribution in [0.2, 0.25) is 0 Å². The lowest BCUT2D eigenvalue weighted by atomic mass is 10.4. The maximum Gasteiger partial charge on any atom is 0.333 e. The lowest BCUT2D eigenvalue weighted by molar-refractivity contribution is -0.139. The highest BCUT2D eigenvalue weighted by atomic mass is 32.2. The van der Waals surface area contributed by atoms with Crippen molar-refractivity contribution in [3.8, 4) is 0 Å². The lowest BCUT2D eigenvalue weighted by Crippen LogP contribution is -2.16. The van der Waals surface area contributed by atoms with E-state index in [9.17, 15) is 9.59 Å². The molecule has 132 valence electrons. The molecule has 1 heterocycles. The summed E-state index contributed by atoms with van der Waals surface area (Å²) in [5, 5.41) is 0.241. The molecule has 0 aliphatic carbocycles. The van der Waals surface area contributed by atoms with Gasteiger partial charge in [0, 0.05) is 22.7 Å². The molecule has 0 radical (unpaired) electrons. The molecular weight excluding hydrogens is 320 g/mol. The van der Waals surface area contributed by atoms with Gasteiger partial charge in [-0.05, 0) is 6.92 Å². The van der Waals surface area contributed by atoms with Crippen molar-refractivity contribution in [1.29, 1.82) is 0 Å². The van der Waals surface area contributed by atoms with E-state index in [0.29, 0.717) is 18.8 Å². The standard InChI is InChI=1S/C12H16O4S2.4CH4/c1-4-10(13)15-6-11-17-7-9(18-11)5-16-12(14)8(2)3;;;;/h4,9,11H,1-2,5-7H2,3H3;4*1H4. The monoisotopic (exact) mass is 352 g/mol. The minimum atomic E-state index is -0.409. The SMILES string of the molecule is C.C.C.C.C=CC(=O)OCC1SCC(COC(=O)C(=C)C)S1. The highest BCUT2D eigenvalue weighted by Gasteiger charge is 2.27. The van der Waals surface area contributed by atoms with E-state index in [4.69, 9.17) is 9.47 Å². The van der Waals surface area contributed by atoms with Gasteiger partial charge in [0.05, 0.1) is 4.58 Å². The molecule has 22 heavy (non-hydrogen) atoms. The van der Waals surface area contributed by atoms with Crippen LogP contribution in [0.15, 0.2) is 24.8 Å². The van der Waals surface area contributed by atoms with Crippen LogP contribution in [-0.4, -0.2) is 40.7 Å². The van der Waals surface area contributed by atoms with Crippen molar-refractivity contribution in [2.24, 2.45) is 0 Å². The molecule has 1 fully saturated rings. The summed E-state index contributed by atoms with van der Waals surface area (Å²) in [5.74, 6) is 0.111. The zero-order valence-corrected chi connectivity index (χ0v) is 11.9. The fraction of sp³-hybridized carbons (Fsp3) is 0.625.